The molecular weight excluding hydrogens is 140 g/mol. The zero-order chi connectivity index (χ0) is 7.68. The van der Waals surface area contributed by atoms with Crippen LogP contribution in [0.15, 0.2) is 0 Å². The molecule has 2 heteroatoms. The fourth-order valence-electron chi connectivity index (χ4n) is 2.17. The first-order chi connectivity index (χ1) is 5.38. The van der Waals surface area contributed by atoms with Crippen molar-refractivity contribution in [3.8, 4) is 0 Å². The third kappa shape index (κ3) is 1.42. The fourth-order valence-corrected chi connectivity index (χ4v) is 2.17. The lowest BCUT2D eigenvalue weighted by Gasteiger charge is -2.39. The summed E-state index contributed by atoms with van der Waals surface area (Å²) in [5.74, 6) is 0.703. The summed E-state index contributed by atoms with van der Waals surface area (Å²) in [6.45, 7) is 3.87. The maximum Gasteiger partial charge on any atom is 0.0863 e. The number of rotatable bonds is 0. The second-order valence-electron chi connectivity index (χ2n) is 3.65. The lowest BCUT2D eigenvalue weighted by molar-refractivity contribution is -0.171. The lowest BCUT2D eigenvalue weighted by Crippen LogP contribution is -2.44. The number of ether oxygens (including phenoxy) is 2. The Hall–Kier alpha value is -0.0800. The van der Waals surface area contributed by atoms with E-state index in [-0.39, 0.29) is 0 Å². The van der Waals surface area contributed by atoms with Gasteiger partial charge in [-0.2, -0.15) is 0 Å². The maximum absolute atomic E-state index is 5.67. The summed E-state index contributed by atoms with van der Waals surface area (Å²) in [7, 11) is 0. The van der Waals surface area contributed by atoms with E-state index in [2.05, 4.69) is 6.92 Å². The van der Waals surface area contributed by atoms with E-state index < -0.39 is 0 Å². The third-order valence-electron chi connectivity index (χ3n) is 2.80. The van der Waals surface area contributed by atoms with Gasteiger partial charge < -0.3 is 9.47 Å². The number of fused-ring (bicyclic) bond motifs is 1. The summed E-state index contributed by atoms with van der Waals surface area (Å²) >= 11 is 0. The first-order valence-electron chi connectivity index (χ1n) is 4.61. The van der Waals surface area contributed by atoms with E-state index in [0.717, 1.165) is 13.2 Å². The third-order valence-corrected chi connectivity index (χ3v) is 2.80. The highest BCUT2D eigenvalue weighted by Gasteiger charge is 2.34. The zero-order valence-electron chi connectivity index (χ0n) is 7.08. The summed E-state index contributed by atoms with van der Waals surface area (Å²) in [4.78, 5) is 0. The van der Waals surface area contributed by atoms with E-state index in [1.54, 1.807) is 0 Å². The van der Waals surface area contributed by atoms with Gasteiger partial charge >= 0.3 is 0 Å². The largest absolute Gasteiger partial charge is 0.373 e. The van der Waals surface area contributed by atoms with E-state index in [9.17, 15) is 0 Å². The molecule has 3 atom stereocenters. The summed E-state index contributed by atoms with van der Waals surface area (Å²) in [6.07, 6.45) is 4.63. The van der Waals surface area contributed by atoms with E-state index >= 15 is 0 Å². The van der Waals surface area contributed by atoms with Gasteiger partial charge in [-0.25, -0.2) is 0 Å². The Labute approximate surface area is 67.9 Å². The molecule has 1 aliphatic carbocycles. The molecule has 0 aromatic rings. The summed E-state index contributed by atoms with van der Waals surface area (Å²) in [5.41, 5.74) is 0. The van der Waals surface area contributed by atoms with Gasteiger partial charge in [0, 0.05) is 0 Å². The minimum absolute atomic E-state index is 0.400. The predicted molar refractivity (Wildman–Crippen MR) is 42.5 cm³/mol. The van der Waals surface area contributed by atoms with E-state index in [1.807, 2.05) is 0 Å². The van der Waals surface area contributed by atoms with Crippen molar-refractivity contribution < 1.29 is 9.47 Å². The smallest absolute Gasteiger partial charge is 0.0863 e. The molecule has 0 spiro atoms. The SMILES string of the molecule is CC1CCCC2OCCOC12. The minimum Gasteiger partial charge on any atom is -0.373 e. The van der Waals surface area contributed by atoms with Crippen molar-refractivity contribution in [3.63, 3.8) is 0 Å². The van der Waals surface area contributed by atoms with Crippen molar-refractivity contribution in [2.75, 3.05) is 13.2 Å². The second kappa shape index (κ2) is 3.11. The molecule has 0 amide bonds. The van der Waals surface area contributed by atoms with Crippen LogP contribution in [0, 0.1) is 5.92 Å². The molecule has 1 heterocycles. The quantitative estimate of drug-likeness (QED) is 0.530. The summed E-state index contributed by atoms with van der Waals surface area (Å²) < 4.78 is 11.3. The molecule has 3 unspecified atom stereocenters. The van der Waals surface area contributed by atoms with Crippen molar-refractivity contribution in [3.05, 3.63) is 0 Å². The first kappa shape index (κ1) is 7.56. The first-order valence-corrected chi connectivity index (χ1v) is 4.61. The van der Waals surface area contributed by atoms with Gasteiger partial charge in [0.25, 0.3) is 0 Å². The van der Waals surface area contributed by atoms with Crippen LogP contribution in [0.25, 0.3) is 0 Å². The molecular formula is C9H16O2. The molecule has 0 N–H and O–H groups in total. The van der Waals surface area contributed by atoms with Crippen LogP contribution < -0.4 is 0 Å². The highest BCUT2D eigenvalue weighted by molar-refractivity contribution is 4.83. The zero-order valence-corrected chi connectivity index (χ0v) is 7.08. The van der Waals surface area contributed by atoms with Crippen LogP contribution in [0.4, 0.5) is 0 Å². The highest BCUT2D eigenvalue weighted by Crippen LogP contribution is 2.30. The van der Waals surface area contributed by atoms with Crippen LogP contribution in [0.5, 0.6) is 0 Å². The van der Waals surface area contributed by atoms with E-state index in [0.29, 0.717) is 18.1 Å². The Kier molecular flexibility index (Phi) is 2.14. The van der Waals surface area contributed by atoms with Crippen molar-refractivity contribution in [1.82, 2.24) is 0 Å². The normalized spacial score (nSPS) is 45.0. The molecule has 0 aromatic heterocycles. The molecule has 1 saturated heterocycles. The van der Waals surface area contributed by atoms with E-state index in [4.69, 9.17) is 9.47 Å². The van der Waals surface area contributed by atoms with E-state index in [1.165, 1.54) is 19.3 Å². The molecule has 0 bridgehead atoms. The van der Waals surface area contributed by atoms with Crippen LogP contribution in [0.1, 0.15) is 26.2 Å². The Morgan fingerprint density at radius 2 is 1.91 bits per heavy atom. The maximum atomic E-state index is 5.67. The van der Waals surface area contributed by atoms with Crippen LogP contribution in [-0.2, 0) is 9.47 Å². The van der Waals surface area contributed by atoms with Crippen molar-refractivity contribution in [1.29, 1.82) is 0 Å². The van der Waals surface area contributed by atoms with Crippen molar-refractivity contribution >= 4 is 0 Å². The van der Waals surface area contributed by atoms with Crippen LogP contribution in [0.3, 0.4) is 0 Å². The monoisotopic (exact) mass is 156 g/mol. The lowest BCUT2D eigenvalue weighted by atomic mass is 9.85. The molecule has 2 aliphatic rings. The minimum atomic E-state index is 0.400. The van der Waals surface area contributed by atoms with Gasteiger partial charge in [-0.15, -0.1) is 0 Å². The Bertz CT molecular complexity index is 134. The second-order valence-corrected chi connectivity index (χ2v) is 3.65. The molecule has 1 aliphatic heterocycles. The van der Waals surface area contributed by atoms with Gasteiger partial charge in [0.2, 0.25) is 0 Å². The van der Waals surface area contributed by atoms with Crippen LogP contribution in [-0.4, -0.2) is 25.4 Å². The average Bonchev–Trinajstić information content (AvgIpc) is 2.06. The molecule has 11 heavy (non-hydrogen) atoms. The highest BCUT2D eigenvalue weighted by atomic mass is 16.6. The fraction of sp³-hybridized carbons (Fsp3) is 1.00. The molecule has 2 rings (SSSR count). The van der Waals surface area contributed by atoms with Gasteiger partial charge in [-0.1, -0.05) is 13.3 Å². The molecule has 0 aromatic carbocycles. The standard InChI is InChI=1S/C9H16O2/c1-7-3-2-4-8-9(7)11-6-5-10-8/h7-9H,2-6H2,1H3. The van der Waals surface area contributed by atoms with Crippen molar-refractivity contribution in [2.24, 2.45) is 5.92 Å². The van der Waals surface area contributed by atoms with Gasteiger partial charge in [0.15, 0.2) is 0 Å². The summed E-state index contributed by atoms with van der Waals surface area (Å²) in [5, 5.41) is 0. The topological polar surface area (TPSA) is 18.5 Å². The molecule has 2 nitrogen and oxygen atoms in total. The summed E-state index contributed by atoms with van der Waals surface area (Å²) in [6, 6.07) is 0. The Morgan fingerprint density at radius 1 is 1.09 bits per heavy atom. The van der Waals surface area contributed by atoms with Gasteiger partial charge in [-0.3, -0.25) is 0 Å². The van der Waals surface area contributed by atoms with Crippen LogP contribution >= 0.6 is 0 Å². The number of hydrogen-bond donors (Lipinski definition) is 0. The van der Waals surface area contributed by atoms with Gasteiger partial charge in [0.05, 0.1) is 25.4 Å². The van der Waals surface area contributed by atoms with Gasteiger partial charge in [0.1, 0.15) is 0 Å². The molecule has 0 radical (unpaired) electrons. The van der Waals surface area contributed by atoms with Gasteiger partial charge in [-0.05, 0) is 18.8 Å². The Balaban J connectivity index is 1.99. The van der Waals surface area contributed by atoms with Crippen LogP contribution in [0.2, 0.25) is 0 Å². The number of hydrogen-bond acceptors (Lipinski definition) is 2. The van der Waals surface area contributed by atoms with Crippen molar-refractivity contribution in [2.45, 2.75) is 38.4 Å². The average molecular weight is 156 g/mol. The molecule has 2 fully saturated rings. The molecule has 64 valence electrons. The predicted octanol–water partition coefficient (Wildman–Crippen LogP) is 1.59. The molecule has 1 saturated carbocycles. The Morgan fingerprint density at radius 3 is 2.73 bits per heavy atom.